The average Bonchev–Trinajstić information content (AvgIpc) is 2.44. The number of hydrogen-bond donors (Lipinski definition) is 0. The van der Waals surface area contributed by atoms with Crippen molar-refractivity contribution in [3.8, 4) is 5.75 Å². The van der Waals surface area contributed by atoms with Crippen molar-refractivity contribution in [1.82, 2.24) is 4.98 Å². The number of ether oxygens (including phenoxy) is 1. The summed E-state index contributed by atoms with van der Waals surface area (Å²) in [6.45, 7) is 4.52. The molecule has 0 saturated carbocycles. The number of pyridine rings is 1. The first-order chi connectivity index (χ1) is 9.22. The zero-order valence-electron chi connectivity index (χ0n) is 11.2. The molecule has 2 rings (SSSR count). The molecule has 0 aliphatic heterocycles. The van der Waals surface area contributed by atoms with Gasteiger partial charge in [0.05, 0.1) is 12.2 Å². The predicted octanol–water partition coefficient (Wildman–Crippen LogP) is 3.41. The number of carbonyl (C=O) groups excluding carboxylic acids is 1. The molecule has 3 heteroatoms. The molecule has 0 atom stereocenters. The third-order valence-corrected chi connectivity index (χ3v) is 2.75. The lowest BCUT2D eigenvalue weighted by molar-refractivity contribution is 0.103. The van der Waals surface area contributed by atoms with Gasteiger partial charge in [-0.1, -0.05) is 19.1 Å². The summed E-state index contributed by atoms with van der Waals surface area (Å²) in [5, 5.41) is 0. The Kier molecular flexibility index (Phi) is 4.29. The van der Waals surface area contributed by atoms with Gasteiger partial charge < -0.3 is 4.74 Å². The van der Waals surface area contributed by atoms with Crippen molar-refractivity contribution in [1.29, 1.82) is 0 Å². The lowest BCUT2D eigenvalue weighted by Gasteiger charge is -2.10. The van der Waals surface area contributed by atoms with Crippen LogP contribution in [0.25, 0.3) is 0 Å². The maximum absolute atomic E-state index is 12.5. The maximum atomic E-state index is 12.5. The Morgan fingerprint density at radius 3 is 2.79 bits per heavy atom. The van der Waals surface area contributed by atoms with E-state index in [1.807, 2.05) is 32.0 Å². The Hall–Kier alpha value is -2.16. The van der Waals surface area contributed by atoms with Crippen LogP contribution in [0.15, 0.2) is 42.6 Å². The van der Waals surface area contributed by atoms with Gasteiger partial charge in [-0.25, -0.2) is 0 Å². The van der Waals surface area contributed by atoms with Crippen LogP contribution in [0.3, 0.4) is 0 Å². The zero-order valence-corrected chi connectivity index (χ0v) is 11.2. The van der Waals surface area contributed by atoms with Crippen LogP contribution < -0.4 is 4.74 Å². The van der Waals surface area contributed by atoms with Crippen LogP contribution in [-0.4, -0.2) is 17.4 Å². The Bertz CT molecular complexity index is 578. The van der Waals surface area contributed by atoms with Gasteiger partial charge in [0, 0.05) is 17.5 Å². The van der Waals surface area contributed by atoms with E-state index in [2.05, 4.69) is 4.98 Å². The topological polar surface area (TPSA) is 39.2 Å². The molecule has 0 unspecified atom stereocenters. The fourth-order valence-electron chi connectivity index (χ4n) is 1.83. The predicted molar refractivity (Wildman–Crippen MR) is 74.6 cm³/mol. The molecule has 0 fully saturated rings. The van der Waals surface area contributed by atoms with E-state index in [1.54, 1.807) is 24.4 Å². The number of aryl methyl sites for hydroxylation is 1. The van der Waals surface area contributed by atoms with E-state index in [9.17, 15) is 4.79 Å². The first kappa shape index (κ1) is 13.3. The molecule has 0 amide bonds. The molecule has 1 heterocycles. The second kappa shape index (κ2) is 6.14. The molecule has 0 aliphatic rings. The highest BCUT2D eigenvalue weighted by Crippen LogP contribution is 2.21. The maximum Gasteiger partial charge on any atom is 0.196 e. The van der Waals surface area contributed by atoms with Crippen LogP contribution in [0.4, 0.5) is 0 Å². The second-order valence-corrected chi connectivity index (χ2v) is 4.36. The third-order valence-electron chi connectivity index (χ3n) is 2.75. The van der Waals surface area contributed by atoms with E-state index >= 15 is 0 Å². The molecule has 0 aliphatic carbocycles. The largest absolute Gasteiger partial charge is 0.493 e. The van der Waals surface area contributed by atoms with Gasteiger partial charge in [-0.3, -0.25) is 9.78 Å². The highest BCUT2D eigenvalue weighted by atomic mass is 16.5. The fourth-order valence-corrected chi connectivity index (χ4v) is 1.83. The minimum absolute atomic E-state index is 0.0304. The molecule has 98 valence electrons. The highest BCUT2D eigenvalue weighted by molar-refractivity contribution is 6.10. The summed E-state index contributed by atoms with van der Waals surface area (Å²) in [4.78, 5) is 16.6. The molecular weight excluding hydrogens is 238 g/mol. The van der Waals surface area contributed by atoms with Crippen LogP contribution in [0.1, 0.15) is 35.0 Å². The SMILES string of the molecule is CCCOc1ccccc1C(=O)c1ccnc(C)c1. The van der Waals surface area contributed by atoms with Crippen molar-refractivity contribution in [2.45, 2.75) is 20.3 Å². The van der Waals surface area contributed by atoms with Crippen LogP contribution in [-0.2, 0) is 0 Å². The van der Waals surface area contributed by atoms with Crippen molar-refractivity contribution in [2.24, 2.45) is 0 Å². The summed E-state index contributed by atoms with van der Waals surface area (Å²) in [6, 6.07) is 10.9. The van der Waals surface area contributed by atoms with Crippen molar-refractivity contribution in [3.63, 3.8) is 0 Å². The second-order valence-electron chi connectivity index (χ2n) is 4.36. The summed E-state index contributed by atoms with van der Waals surface area (Å²) in [7, 11) is 0. The molecule has 19 heavy (non-hydrogen) atoms. The molecule has 0 saturated heterocycles. The number of para-hydroxylation sites is 1. The summed E-state index contributed by atoms with van der Waals surface area (Å²) < 4.78 is 5.62. The van der Waals surface area contributed by atoms with Gasteiger partial charge >= 0.3 is 0 Å². The molecule has 0 bridgehead atoms. The normalized spacial score (nSPS) is 10.2. The van der Waals surface area contributed by atoms with Gasteiger partial charge in [0.15, 0.2) is 5.78 Å². The Morgan fingerprint density at radius 2 is 2.05 bits per heavy atom. The van der Waals surface area contributed by atoms with Crippen molar-refractivity contribution in [2.75, 3.05) is 6.61 Å². The summed E-state index contributed by atoms with van der Waals surface area (Å²) in [5.74, 6) is 0.612. The summed E-state index contributed by atoms with van der Waals surface area (Å²) in [5.41, 5.74) is 2.07. The first-order valence-electron chi connectivity index (χ1n) is 6.41. The van der Waals surface area contributed by atoms with Gasteiger partial charge in [-0.15, -0.1) is 0 Å². The van der Waals surface area contributed by atoms with E-state index in [0.717, 1.165) is 12.1 Å². The number of hydrogen-bond acceptors (Lipinski definition) is 3. The average molecular weight is 255 g/mol. The number of aromatic nitrogens is 1. The molecule has 1 aromatic heterocycles. The summed E-state index contributed by atoms with van der Waals surface area (Å²) in [6.07, 6.45) is 2.56. The minimum Gasteiger partial charge on any atom is -0.493 e. The highest BCUT2D eigenvalue weighted by Gasteiger charge is 2.14. The molecule has 2 aromatic rings. The smallest absolute Gasteiger partial charge is 0.196 e. The zero-order chi connectivity index (χ0) is 13.7. The third kappa shape index (κ3) is 3.19. The molecule has 3 nitrogen and oxygen atoms in total. The van der Waals surface area contributed by atoms with Crippen LogP contribution in [0, 0.1) is 6.92 Å². The monoisotopic (exact) mass is 255 g/mol. The molecule has 0 radical (unpaired) electrons. The van der Waals surface area contributed by atoms with E-state index < -0.39 is 0 Å². The lowest BCUT2D eigenvalue weighted by Crippen LogP contribution is -2.06. The van der Waals surface area contributed by atoms with Crippen LogP contribution >= 0.6 is 0 Å². The number of benzene rings is 1. The molecule has 1 aromatic carbocycles. The van der Waals surface area contributed by atoms with Crippen LogP contribution in [0.5, 0.6) is 5.75 Å². The van der Waals surface area contributed by atoms with E-state index in [4.69, 9.17) is 4.74 Å². The quantitative estimate of drug-likeness (QED) is 0.768. The number of rotatable bonds is 5. The Balaban J connectivity index is 2.33. The molecular formula is C16H17NO2. The first-order valence-corrected chi connectivity index (χ1v) is 6.41. The van der Waals surface area contributed by atoms with E-state index in [1.165, 1.54) is 0 Å². The number of nitrogens with zero attached hydrogens (tertiary/aromatic N) is 1. The molecule has 0 N–H and O–H groups in total. The Labute approximate surface area is 113 Å². The minimum atomic E-state index is -0.0304. The van der Waals surface area contributed by atoms with Crippen molar-refractivity contribution in [3.05, 3.63) is 59.4 Å². The van der Waals surface area contributed by atoms with Crippen LogP contribution in [0.2, 0.25) is 0 Å². The van der Waals surface area contributed by atoms with Crippen molar-refractivity contribution >= 4 is 5.78 Å². The summed E-state index contributed by atoms with van der Waals surface area (Å²) >= 11 is 0. The number of carbonyl (C=O) groups is 1. The van der Waals surface area contributed by atoms with Gasteiger partial charge in [0.1, 0.15) is 5.75 Å². The van der Waals surface area contributed by atoms with E-state index in [-0.39, 0.29) is 5.78 Å². The van der Waals surface area contributed by atoms with Gasteiger partial charge in [-0.2, -0.15) is 0 Å². The fraction of sp³-hybridized carbons (Fsp3) is 0.250. The molecule has 0 spiro atoms. The van der Waals surface area contributed by atoms with Gasteiger partial charge in [-0.05, 0) is 37.6 Å². The lowest BCUT2D eigenvalue weighted by atomic mass is 10.0. The Morgan fingerprint density at radius 1 is 1.26 bits per heavy atom. The van der Waals surface area contributed by atoms with Gasteiger partial charge in [0.25, 0.3) is 0 Å². The number of ketones is 1. The standard InChI is InChI=1S/C16H17NO2/c1-3-10-19-15-7-5-4-6-14(15)16(18)13-8-9-17-12(2)11-13/h4-9,11H,3,10H2,1-2H3. The van der Waals surface area contributed by atoms with E-state index in [0.29, 0.717) is 23.5 Å². The van der Waals surface area contributed by atoms with Gasteiger partial charge in [0.2, 0.25) is 0 Å². The van der Waals surface area contributed by atoms with Crippen molar-refractivity contribution < 1.29 is 9.53 Å².